The lowest BCUT2D eigenvalue weighted by Gasteiger charge is -2.01. The highest BCUT2D eigenvalue weighted by molar-refractivity contribution is 7.08. The molecule has 0 saturated carbocycles. The number of thiophene rings is 1. The van der Waals surface area contributed by atoms with Crippen LogP contribution in [0, 0.1) is 5.38 Å². The van der Waals surface area contributed by atoms with Crippen molar-refractivity contribution < 1.29 is 0 Å². The Morgan fingerprint density at radius 1 is 1.20 bits per heavy atom. The maximum Gasteiger partial charge on any atom is 0.0527 e. The fraction of sp³-hybridized carbons (Fsp3) is 0.429. The van der Waals surface area contributed by atoms with E-state index < -0.39 is 0 Å². The average Bonchev–Trinajstić information content (AvgIpc) is 2.71. The van der Waals surface area contributed by atoms with Crippen molar-refractivity contribution in [2.75, 3.05) is 0 Å². The van der Waals surface area contributed by atoms with E-state index >= 15 is 0 Å². The van der Waals surface area contributed by atoms with Crippen molar-refractivity contribution in [2.24, 2.45) is 0 Å². The molecule has 1 heteroatoms. The fourth-order valence-corrected chi connectivity index (χ4v) is 2.56. The van der Waals surface area contributed by atoms with Crippen molar-refractivity contribution in [1.29, 1.82) is 0 Å². The van der Waals surface area contributed by atoms with Crippen LogP contribution in [-0.2, 0) is 6.42 Å². The number of benzene rings is 1. The molecule has 1 heterocycles. The number of fused-ring (bicyclic) bond motifs is 1. The largest absolute Gasteiger partial charge is 0.142 e. The van der Waals surface area contributed by atoms with Crippen LogP contribution in [0.3, 0.4) is 0 Å². The molecule has 0 aliphatic heterocycles. The van der Waals surface area contributed by atoms with Crippen LogP contribution in [0.5, 0.6) is 0 Å². The van der Waals surface area contributed by atoms with E-state index in [4.69, 9.17) is 0 Å². The van der Waals surface area contributed by atoms with E-state index in [1.54, 1.807) is 11.3 Å². The Balaban J connectivity index is 1.96. The summed E-state index contributed by atoms with van der Waals surface area (Å²) in [6.45, 7) is 2.26. The molecule has 1 radical (unpaired) electrons. The molecule has 0 nitrogen and oxygen atoms in total. The third-order valence-electron chi connectivity index (χ3n) is 2.79. The molecule has 15 heavy (non-hydrogen) atoms. The molecule has 0 atom stereocenters. The Bertz CT molecular complexity index is 414. The predicted molar refractivity (Wildman–Crippen MR) is 68.5 cm³/mol. The Morgan fingerprint density at radius 2 is 2.13 bits per heavy atom. The SMILES string of the molecule is CCCCCCc1ccc2[c]scc2c1. The van der Waals surface area contributed by atoms with Gasteiger partial charge >= 0.3 is 0 Å². The van der Waals surface area contributed by atoms with Gasteiger partial charge in [0.2, 0.25) is 0 Å². The summed E-state index contributed by atoms with van der Waals surface area (Å²) in [5.41, 5.74) is 1.48. The van der Waals surface area contributed by atoms with Gasteiger partial charge < -0.3 is 0 Å². The van der Waals surface area contributed by atoms with Gasteiger partial charge in [-0.2, -0.15) is 0 Å². The molecule has 1 aromatic carbocycles. The Morgan fingerprint density at radius 3 is 3.00 bits per heavy atom. The van der Waals surface area contributed by atoms with Crippen LogP contribution in [0.25, 0.3) is 10.8 Å². The summed E-state index contributed by atoms with van der Waals surface area (Å²) in [5.74, 6) is 0. The highest BCUT2D eigenvalue weighted by Gasteiger charge is 1.97. The molecule has 0 aliphatic rings. The van der Waals surface area contributed by atoms with Crippen molar-refractivity contribution in [3.63, 3.8) is 0 Å². The van der Waals surface area contributed by atoms with Crippen LogP contribution in [0.1, 0.15) is 38.2 Å². The quantitative estimate of drug-likeness (QED) is 0.630. The molecule has 2 rings (SSSR count). The summed E-state index contributed by atoms with van der Waals surface area (Å²) in [6, 6.07) is 6.76. The van der Waals surface area contributed by atoms with Crippen LogP contribution >= 0.6 is 11.3 Å². The lowest BCUT2D eigenvalue weighted by molar-refractivity contribution is 0.667. The van der Waals surface area contributed by atoms with Crippen molar-refractivity contribution >= 4 is 22.1 Å². The Kier molecular flexibility index (Phi) is 3.79. The minimum atomic E-state index is 1.23. The third-order valence-corrected chi connectivity index (χ3v) is 3.50. The van der Waals surface area contributed by atoms with Crippen molar-refractivity contribution in [2.45, 2.75) is 39.0 Å². The van der Waals surface area contributed by atoms with Gasteiger partial charge in [0.05, 0.1) is 5.38 Å². The zero-order chi connectivity index (χ0) is 10.5. The molecule has 0 saturated heterocycles. The maximum atomic E-state index is 3.26. The van der Waals surface area contributed by atoms with E-state index in [0.29, 0.717) is 0 Å². The molecular weight excluding hydrogens is 200 g/mol. The van der Waals surface area contributed by atoms with Crippen LogP contribution in [0.15, 0.2) is 23.6 Å². The summed E-state index contributed by atoms with van der Waals surface area (Å²) < 4.78 is 0. The van der Waals surface area contributed by atoms with E-state index in [1.807, 2.05) is 0 Å². The van der Waals surface area contributed by atoms with Gasteiger partial charge in [0.15, 0.2) is 0 Å². The second-order valence-corrected chi connectivity index (χ2v) is 4.75. The molecule has 1 aromatic heterocycles. The molecule has 79 valence electrons. The molecule has 0 aliphatic carbocycles. The second kappa shape index (κ2) is 5.32. The van der Waals surface area contributed by atoms with Gasteiger partial charge in [0.1, 0.15) is 0 Å². The lowest BCUT2D eigenvalue weighted by Crippen LogP contribution is -1.85. The van der Waals surface area contributed by atoms with E-state index in [9.17, 15) is 0 Å². The number of unbranched alkanes of at least 4 members (excludes halogenated alkanes) is 3. The highest BCUT2D eigenvalue weighted by Crippen LogP contribution is 2.20. The van der Waals surface area contributed by atoms with Crippen LogP contribution < -0.4 is 0 Å². The molecular formula is C14H17S. The van der Waals surface area contributed by atoms with Gasteiger partial charge in [-0.1, -0.05) is 44.4 Å². The van der Waals surface area contributed by atoms with E-state index in [0.717, 1.165) is 0 Å². The van der Waals surface area contributed by atoms with Gasteiger partial charge in [-0.15, -0.1) is 11.3 Å². The normalized spacial score (nSPS) is 11.0. The molecule has 0 unspecified atom stereocenters. The summed E-state index contributed by atoms with van der Waals surface area (Å²) in [4.78, 5) is 0. The van der Waals surface area contributed by atoms with E-state index in [2.05, 4.69) is 35.9 Å². The minimum Gasteiger partial charge on any atom is -0.142 e. The van der Waals surface area contributed by atoms with Crippen LogP contribution in [-0.4, -0.2) is 0 Å². The number of hydrogen-bond donors (Lipinski definition) is 0. The highest BCUT2D eigenvalue weighted by atomic mass is 32.1. The third kappa shape index (κ3) is 2.82. The summed E-state index contributed by atoms with van der Waals surface area (Å²) in [6.07, 6.45) is 6.61. The van der Waals surface area contributed by atoms with Crippen LogP contribution in [0.2, 0.25) is 0 Å². The number of hydrogen-bond acceptors (Lipinski definition) is 1. The zero-order valence-electron chi connectivity index (χ0n) is 9.25. The molecule has 0 fully saturated rings. The van der Waals surface area contributed by atoms with Gasteiger partial charge in [0.25, 0.3) is 0 Å². The van der Waals surface area contributed by atoms with Crippen molar-refractivity contribution in [3.05, 3.63) is 34.5 Å². The van der Waals surface area contributed by atoms with Gasteiger partial charge in [-0.05, 0) is 29.2 Å². The predicted octanol–water partition coefficient (Wildman–Crippen LogP) is 4.82. The minimum absolute atomic E-state index is 1.23. The topological polar surface area (TPSA) is 0 Å². The smallest absolute Gasteiger partial charge is 0.0527 e. The number of aryl methyl sites for hydroxylation is 1. The van der Waals surface area contributed by atoms with Gasteiger partial charge in [-0.25, -0.2) is 0 Å². The first-order chi connectivity index (χ1) is 7.40. The fourth-order valence-electron chi connectivity index (χ4n) is 1.87. The number of rotatable bonds is 5. The maximum absolute atomic E-state index is 3.26. The molecule has 2 aromatic rings. The Hall–Kier alpha value is -0.820. The monoisotopic (exact) mass is 217 g/mol. The van der Waals surface area contributed by atoms with Crippen molar-refractivity contribution in [1.82, 2.24) is 0 Å². The summed E-state index contributed by atoms with van der Waals surface area (Å²) in [5, 5.41) is 8.07. The first kappa shape index (κ1) is 10.7. The second-order valence-electron chi connectivity index (χ2n) is 4.07. The first-order valence-corrected chi connectivity index (χ1v) is 6.66. The molecule has 0 spiro atoms. The average molecular weight is 217 g/mol. The van der Waals surface area contributed by atoms with E-state index in [-0.39, 0.29) is 0 Å². The summed E-state index contributed by atoms with van der Waals surface area (Å²) >= 11 is 1.67. The molecule has 0 bridgehead atoms. The standard InChI is InChI=1S/C14H17S/c1-2-3-4-5-6-12-7-8-13-10-15-11-14(13)9-12/h7-9,11H,2-6H2,1H3. The zero-order valence-corrected chi connectivity index (χ0v) is 10.1. The Labute approximate surface area is 95.9 Å². The summed E-state index contributed by atoms with van der Waals surface area (Å²) in [7, 11) is 0. The molecule has 0 amide bonds. The van der Waals surface area contributed by atoms with Crippen LogP contribution in [0.4, 0.5) is 0 Å². The van der Waals surface area contributed by atoms with Gasteiger partial charge in [-0.3, -0.25) is 0 Å². The van der Waals surface area contributed by atoms with Crippen molar-refractivity contribution in [3.8, 4) is 0 Å². The lowest BCUT2D eigenvalue weighted by atomic mass is 10.0. The first-order valence-electron chi connectivity index (χ1n) is 5.78. The van der Waals surface area contributed by atoms with Gasteiger partial charge in [0, 0.05) is 5.39 Å². The van der Waals surface area contributed by atoms with E-state index in [1.165, 1.54) is 48.4 Å². The molecule has 0 N–H and O–H groups in total.